The van der Waals surface area contributed by atoms with Gasteiger partial charge in [0.25, 0.3) is 0 Å². The van der Waals surface area contributed by atoms with Crippen LogP contribution >= 0.6 is 0 Å². The van der Waals surface area contributed by atoms with Crippen LogP contribution in [0.4, 0.5) is 0 Å². The van der Waals surface area contributed by atoms with Gasteiger partial charge in [0.15, 0.2) is 0 Å². The molecule has 4 atom stereocenters. The predicted octanol–water partition coefficient (Wildman–Crippen LogP) is -3.84. The van der Waals surface area contributed by atoms with Gasteiger partial charge in [-0.15, -0.1) is 0 Å². The second-order valence-electron chi connectivity index (χ2n) is 2.36. The normalized spacial score (nSPS) is 21.1. The van der Waals surface area contributed by atoms with Crippen LogP contribution in [0.5, 0.6) is 0 Å². The first kappa shape index (κ1) is 12.1. The van der Waals surface area contributed by atoms with Gasteiger partial charge in [0, 0.05) is 0 Å². The van der Waals surface area contributed by atoms with Crippen molar-refractivity contribution in [3.8, 4) is 0 Å². The minimum absolute atomic E-state index is 0.729. The molecule has 0 spiro atoms. The number of aliphatic hydroxyl groups is 5. The van der Waals surface area contributed by atoms with Crippen molar-refractivity contribution in [1.29, 1.82) is 0 Å². The average molecular weight is 241 g/mol. The van der Waals surface area contributed by atoms with Crippen molar-refractivity contribution in [2.75, 3.05) is 6.61 Å². The Morgan fingerprint density at radius 3 is 1.92 bits per heavy atom. The fourth-order valence-corrected chi connectivity index (χ4v) is 1.43. The second kappa shape index (κ2) is 5.73. The second-order valence-corrected chi connectivity index (χ2v) is 4.36. The Hall–Kier alpha value is 0.143. The van der Waals surface area contributed by atoms with E-state index in [0.717, 1.165) is 0 Å². The van der Waals surface area contributed by atoms with Gasteiger partial charge in [0.05, 0.1) is 0 Å². The number of rotatable bonds is 5. The van der Waals surface area contributed by atoms with E-state index in [2.05, 4.69) is 0 Å². The zero-order valence-corrected chi connectivity index (χ0v) is 8.66. The van der Waals surface area contributed by atoms with Crippen LogP contribution in [-0.2, 0) is 3.78 Å². The van der Waals surface area contributed by atoms with E-state index in [9.17, 15) is 3.78 Å². The summed E-state index contributed by atoms with van der Waals surface area (Å²) >= 11 is -2.23. The molecule has 0 saturated heterocycles. The SMILES string of the molecule is [O]=[GeH][C@H](O)[C@@H](O)[C@H](O)[C@H](O)CO. The monoisotopic (exact) mass is 242 g/mol. The van der Waals surface area contributed by atoms with Gasteiger partial charge >= 0.3 is 74.5 Å². The summed E-state index contributed by atoms with van der Waals surface area (Å²) < 4.78 is 10.2. The maximum absolute atomic E-state index is 10.2. The molecule has 0 amide bonds. The summed E-state index contributed by atoms with van der Waals surface area (Å²) in [5.74, 6) is 0. The number of hydrogen-bond donors (Lipinski definition) is 5. The van der Waals surface area contributed by atoms with Crippen LogP contribution in [0, 0.1) is 0 Å². The molecule has 6 nitrogen and oxygen atoms in total. The summed E-state index contributed by atoms with van der Waals surface area (Å²) in [6, 6.07) is 0. The van der Waals surface area contributed by atoms with E-state index in [1.54, 1.807) is 0 Å². The first-order valence-electron chi connectivity index (χ1n) is 3.33. The van der Waals surface area contributed by atoms with Crippen LogP contribution in [0.15, 0.2) is 0 Å². The molecule has 0 unspecified atom stereocenters. The van der Waals surface area contributed by atoms with E-state index < -0.39 is 45.2 Å². The van der Waals surface area contributed by atoms with Gasteiger partial charge < -0.3 is 0 Å². The Morgan fingerprint density at radius 1 is 1.08 bits per heavy atom. The summed E-state index contributed by atoms with van der Waals surface area (Å²) in [7, 11) is 0. The van der Waals surface area contributed by atoms with Crippen molar-refractivity contribution in [3.05, 3.63) is 0 Å². The first-order valence-corrected chi connectivity index (χ1v) is 5.71. The molecule has 0 heterocycles. The van der Waals surface area contributed by atoms with Crippen molar-refractivity contribution >= 4 is 15.4 Å². The third-order valence-electron chi connectivity index (χ3n) is 1.42. The molecular weight excluding hydrogens is 229 g/mol. The molecule has 0 radical (unpaired) electrons. The van der Waals surface area contributed by atoms with E-state index in [4.69, 9.17) is 25.5 Å². The predicted molar refractivity (Wildman–Crippen MR) is 38.9 cm³/mol. The van der Waals surface area contributed by atoms with Crippen LogP contribution in [0.1, 0.15) is 0 Å². The molecule has 0 aliphatic carbocycles. The molecule has 0 aromatic heterocycles. The summed E-state index contributed by atoms with van der Waals surface area (Å²) in [5.41, 5.74) is 0. The third-order valence-corrected chi connectivity index (χ3v) is 2.83. The minimum atomic E-state index is -2.23. The molecule has 72 valence electrons. The van der Waals surface area contributed by atoms with Gasteiger partial charge in [-0.05, 0) is 0 Å². The summed E-state index contributed by atoms with van der Waals surface area (Å²) in [6.07, 6.45) is -4.86. The van der Waals surface area contributed by atoms with E-state index in [1.165, 1.54) is 0 Å². The van der Waals surface area contributed by atoms with Crippen molar-refractivity contribution in [1.82, 2.24) is 0 Å². The molecule has 0 fully saturated rings. The van der Waals surface area contributed by atoms with Gasteiger partial charge in [-0.3, -0.25) is 0 Å². The molecule has 12 heavy (non-hydrogen) atoms. The maximum atomic E-state index is 10.2. The summed E-state index contributed by atoms with van der Waals surface area (Å²) in [6.45, 7) is -0.729. The molecule has 0 aliphatic heterocycles. The Morgan fingerprint density at radius 2 is 1.58 bits per heavy atom. The Kier molecular flexibility index (Phi) is 5.80. The van der Waals surface area contributed by atoms with Crippen LogP contribution in [0.3, 0.4) is 0 Å². The Balaban J connectivity index is 4.07. The molecule has 7 heteroatoms. The van der Waals surface area contributed by atoms with Crippen molar-refractivity contribution < 1.29 is 29.3 Å². The quantitative estimate of drug-likeness (QED) is 0.314. The first-order chi connectivity index (χ1) is 5.54. The van der Waals surface area contributed by atoms with Gasteiger partial charge in [0.1, 0.15) is 0 Å². The van der Waals surface area contributed by atoms with Gasteiger partial charge in [0.2, 0.25) is 0 Å². The zero-order valence-electron chi connectivity index (χ0n) is 6.24. The fraction of sp³-hybridized carbons (Fsp3) is 1.00. The van der Waals surface area contributed by atoms with Crippen LogP contribution in [0.25, 0.3) is 0 Å². The van der Waals surface area contributed by atoms with Crippen molar-refractivity contribution in [3.63, 3.8) is 0 Å². The molecule has 0 rings (SSSR count). The number of aliphatic hydroxyl groups excluding tert-OH is 5. The molecule has 0 bridgehead atoms. The van der Waals surface area contributed by atoms with Gasteiger partial charge in [-0.25, -0.2) is 0 Å². The summed E-state index contributed by atoms with van der Waals surface area (Å²) in [5, 5.41) is 43.8. The van der Waals surface area contributed by atoms with Crippen molar-refractivity contribution in [2.24, 2.45) is 0 Å². The van der Waals surface area contributed by atoms with E-state index in [1.807, 2.05) is 0 Å². The van der Waals surface area contributed by atoms with E-state index >= 15 is 0 Å². The molecule has 0 aliphatic rings. The van der Waals surface area contributed by atoms with Crippen LogP contribution < -0.4 is 0 Å². The zero-order chi connectivity index (χ0) is 9.72. The van der Waals surface area contributed by atoms with Gasteiger partial charge in [-0.2, -0.15) is 0 Å². The summed E-state index contributed by atoms with van der Waals surface area (Å²) in [4.78, 5) is -1.48. The molecular formula is C5H12GeO6. The number of hydrogen-bond acceptors (Lipinski definition) is 6. The molecule has 0 aromatic carbocycles. The molecule has 5 N–H and O–H groups in total. The van der Waals surface area contributed by atoms with Crippen LogP contribution in [0.2, 0.25) is 0 Å². The van der Waals surface area contributed by atoms with Crippen molar-refractivity contribution in [2.45, 2.75) is 23.2 Å². The molecule has 0 aromatic rings. The average Bonchev–Trinajstić information content (AvgIpc) is 2.12. The van der Waals surface area contributed by atoms with E-state index in [-0.39, 0.29) is 0 Å². The Labute approximate surface area is 75.2 Å². The van der Waals surface area contributed by atoms with Gasteiger partial charge in [-0.1, -0.05) is 0 Å². The van der Waals surface area contributed by atoms with Crippen LogP contribution in [-0.4, -0.2) is 70.8 Å². The standard InChI is InChI=1S/C5H12GeO6/c7-1-2(8)3(9)4(10)5(11)6-12/h2-11H,1H2/t2-,3-,4+,5-/m1/s1. The third kappa shape index (κ3) is 3.25. The van der Waals surface area contributed by atoms with E-state index in [0.29, 0.717) is 0 Å². The fourth-order valence-electron chi connectivity index (χ4n) is 0.618. The molecule has 0 saturated carbocycles. The Bertz CT molecular complexity index is 142. The topological polar surface area (TPSA) is 118 Å².